The third kappa shape index (κ3) is 4.96. The molecule has 0 atom stereocenters. The molecule has 0 aliphatic carbocycles. The van der Waals surface area contributed by atoms with Crippen molar-refractivity contribution in [1.29, 1.82) is 0 Å². The molecule has 3 rings (SSSR count). The van der Waals surface area contributed by atoms with Gasteiger partial charge in [-0.1, -0.05) is 30.3 Å². The second-order valence-electron chi connectivity index (χ2n) is 7.08. The normalized spacial score (nSPS) is 16.1. The van der Waals surface area contributed by atoms with Gasteiger partial charge in [-0.3, -0.25) is 4.79 Å². The molecular weight excluding hydrogens is 392 g/mol. The van der Waals surface area contributed by atoms with Crippen LogP contribution in [0.25, 0.3) is 0 Å². The summed E-state index contributed by atoms with van der Waals surface area (Å²) < 4.78 is 27.8. The first-order valence-corrected chi connectivity index (χ1v) is 12.1. The molecule has 1 heterocycles. The van der Waals surface area contributed by atoms with E-state index in [0.717, 1.165) is 24.2 Å². The predicted molar refractivity (Wildman–Crippen MR) is 114 cm³/mol. The number of hydrogen-bond acceptors (Lipinski definition) is 4. The van der Waals surface area contributed by atoms with E-state index >= 15 is 0 Å². The molecule has 0 bridgehead atoms. The molecule has 5 nitrogen and oxygen atoms in total. The Labute approximate surface area is 171 Å². The summed E-state index contributed by atoms with van der Waals surface area (Å²) >= 11 is 1.47. The highest BCUT2D eigenvalue weighted by Crippen LogP contribution is 2.31. The predicted octanol–water partition coefficient (Wildman–Crippen LogP) is 4.01. The van der Waals surface area contributed by atoms with Crippen molar-refractivity contribution in [2.45, 2.75) is 36.0 Å². The van der Waals surface area contributed by atoms with Crippen LogP contribution < -0.4 is 5.32 Å². The molecular formula is C21H26N2O3S2. The molecule has 150 valence electrons. The molecule has 28 heavy (non-hydrogen) atoms. The summed E-state index contributed by atoms with van der Waals surface area (Å²) in [6.45, 7) is 2.47. The first-order valence-electron chi connectivity index (χ1n) is 9.40. The summed E-state index contributed by atoms with van der Waals surface area (Å²) in [5.74, 6) is 0.286. The monoisotopic (exact) mass is 418 g/mol. The van der Waals surface area contributed by atoms with Crippen LogP contribution in [0.2, 0.25) is 0 Å². The van der Waals surface area contributed by atoms with Gasteiger partial charge in [0.25, 0.3) is 0 Å². The third-order valence-corrected chi connectivity index (χ3v) is 7.75. The van der Waals surface area contributed by atoms with E-state index in [4.69, 9.17) is 0 Å². The summed E-state index contributed by atoms with van der Waals surface area (Å²) in [5, 5.41) is 2.73. The largest absolute Gasteiger partial charge is 0.325 e. The number of carbonyl (C=O) groups excluding carboxylic acids is 1. The number of nitrogens with zero attached hydrogens (tertiary/aromatic N) is 1. The second kappa shape index (κ2) is 9.11. The fourth-order valence-electron chi connectivity index (χ4n) is 3.59. The first-order chi connectivity index (χ1) is 13.4. The number of nitrogens with one attached hydrogen (secondary N) is 1. The van der Waals surface area contributed by atoms with Crippen molar-refractivity contribution in [2.75, 3.05) is 24.7 Å². The number of benzene rings is 2. The topological polar surface area (TPSA) is 66.5 Å². The number of thioether (sulfide) groups is 1. The first kappa shape index (κ1) is 20.9. The van der Waals surface area contributed by atoms with Crippen LogP contribution in [-0.2, 0) is 21.2 Å². The molecule has 0 radical (unpaired) electrons. The fourth-order valence-corrected chi connectivity index (χ4v) is 5.62. The van der Waals surface area contributed by atoms with Gasteiger partial charge < -0.3 is 5.32 Å². The number of carbonyl (C=O) groups is 1. The quantitative estimate of drug-likeness (QED) is 0.720. The maximum Gasteiger partial charge on any atom is 0.243 e. The van der Waals surface area contributed by atoms with E-state index in [-0.39, 0.29) is 10.8 Å². The molecule has 0 unspecified atom stereocenters. The number of piperidine rings is 1. The molecule has 1 N–H and O–H groups in total. The zero-order chi connectivity index (χ0) is 20.1. The molecule has 1 saturated heterocycles. The van der Waals surface area contributed by atoms with Crippen LogP contribution in [0, 0.1) is 5.92 Å². The highest BCUT2D eigenvalue weighted by atomic mass is 32.2. The lowest BCUT2D eigenvalue weighted by Gasteiger charge is -2.31. The minimum atomic E-state index is -3.57. The Kier molecular flexibility index (Phi) is 6.80. The Balaban J connectivity index is 1.71. The van der Waals surface area contributed by atoms with Crippen molar-refractivity contribution in [2.24, 2.45) is 5.92 Å². The van der Waals surface area contributed by atoms with Gasteiger partial charge in [-0.15, -0.1) is 11.8 Å². The van der Waals surface area contributed by atoms with Crippen molar-refractivity contribution >= 4 is 33.4 Å². The standard InChI is InChI=1S/C21H26N2O3S2/c1-16(24)22-20-15-19(8-9-21(20)27-2)28(25,26)23-12-10-18(11-13-23)14-17-6-4-3-5-7-17/h3-9,15,18H,10-14H2,1-2H3,(H,22,24). The van der Waals surface area contributed by atoms with Crippen LogP contribution in [0.3, 0.4) is 0 Å². The molecule has 2 aromatic carbocycles. The van der Waals surface area contributed by atoms with E-state index in [1.165, 1.54) is 24.2 Å². The number of hydrogen-bond donors (Lipinski definition) is 1. The van der Waals surface area contributed by atoms with Crippen molar-refractivity contribution in [1.82, 2.24) is 4.31 Å². The molecule has 0 aromatic heterocycles. The van der Waals surface area contributed by atoms with Crippen molar-refractivity contribution in [3.05, 3.63) is 54.1 Å². The van der Waals surface area contributed by atoms with Crippen molar-refractivity contribution in [3.63, 3.8) is 0 Å². The van der Waals surface area contributed by atoms with Gasteiger partial charge in [0.05, 0.1) is 10.6 Å². The molecule has 1 aliphatic rings. The van der Waals surface area contributed by atoms with Crippen LogP contribution in [0.1, 0.15) is 25.3 Å². The summed E-state index contributed by atoms with van der Waals surface area (Å²) in [6.07, 6.45) is 4.60. The Morgan fingerprint density at radius 1 is 1.14 bits per heavy atom. The second-order valence-corrected chi connectivity index (χ2v) is 9.87. The van der Waals surface area contributed by atoms with Gasteiger partial charge in [-0.2, -0.15) is 4.31 Å². The average molecular weight is 419 g/mol. The summed E-state index contributed by atoms with van der Waals surface area (Å²) in [4.78, 5) is 12.5. The van der Waals surface area contributed by atoms with Crippen molar-refractivity contribution in [3.8, 4) is 0 Å². The molecule has 1 aliphatic heterocycles. The molecule has 2 aromatic rings. The van der Waals surface area contributed by atoms with Gasteiger partial charge in [0.2, 0.25) is 15.9 Å². The zero-order valence-corrected chi connectivity index (χ0v) is 17.9. The van der Waals surface area contributed by atoms with Gasteiger partial charge in [0, 0.05) is 24.9 Å². The van der Waals surface area contributed by atoms with Crippen LogP contribution in [0.5, 0.6) is 0 Å². The van der Waals surface area contributed by atoms with E-state index in [1.807, 2.05) is 24.5 Å². The number of rotatable bonds is 6. The Hall–Kier alpha value is -1.83. The van der Waals surface area contributed by atoms with Gasteiger partial charge in [-0.25, -0.2) is 8.42 Å². The lowest BCUT2D eigenvalue weighted by molar-refractivity contribution is -0.114. The van der Waals surface area contributed by atoms with E-state index in [0.29, 0.717) is 24.7 Å². The van der Waals surface area contributed by atoms with Crippen LogP contribution in [-0.4, -0.2) is 38.0 Å². The van der Waals surface area contributed by atoms with Crippen LogP contribution in [0.15, 0.2) is 58.3 Å². The lowest BCUT2D eigenvalue weighted by Crippen LogP contribution is -2.38. The Bertz CT molecular complexity index is 922. The SMILES string of the molecule is CSc1ccc(S(=O)(=O)N2CCC(Cc3ccccc3)CC2)cc1NC(C)=O. The average Bonchev–Trinajstić information content (AvgIpc) is 2.68. The third-order valence-electron chi connectivity index (χ3n) is 5.06. The van der Waals surface area contributed by atoms with Crippen LogP contribution >= 0.6 is 11.8 Å². The smallest absolute Gasteiger partial charge is 0.243 e. The van der Waals surface area contributed by atoms with Crippen molar-refractivity contribution < 1.29 is 13.2 Å². The van der Waals surface area contributed by atoms with Gasteiger partial charge in [0.15, 0.2) is 0 Å². The number of anilines is 1. The molecule has 1 amide bonds. The van der Waals surface area contributed by atoms with E-state index in [1.54, 1.807) is 22.5 Å². The molecule has 1 fully saturated rings. The fraction of sp³-hybridized carbons (Fsp3) is 0.381. The lowest BCUT2D eigenvalue weighted by atomic mass is 9.91. The van der Waals surface area contributed by atoms with E-state index in [9.17, 15) is 13.2 Å². The minimum absolute atomic E-state index is 0.216. The summed E-state index contributed by atoms with van der Waals surface area (Å²) in [7, 11) is -3.57. The zero-order valence-electron chi connectivity index (χ0n) is 16.2. The Morgan fingerprint density at radius 2 is 1.82 bits per heavy atom. The number of amides is 1. The van der Waals surface area contributed by atoms with E-state index < -0.39 is 10.0 Å². The highest BCUT2D eigenvalue weighted by molar-refractivity contribution is 7.98. The minimum Gasteiger partial charge on any atom is -0.325 e. The maximum atomic E-state index is 13.1. The van der Waals surface area contributed by atoms with Gasteiger partial charge in [0.1, 0.15) is 0 Å². The highest BCUT2D eigenvalue weighted by Gasteiger charge is 2.30. The van der Waals surface area contributed by atoms with Gasteiger partial charge >= 0.3 is 0 Å². The van der Waals surface area contributed by atoms with Gasteiger partial charge in [-0.05, 0) is 55.2 Å². The van der Waals surface area contributed by atoms with Crippen LogP contribution in [0.4, 0.5) is 5.69 Å². The molecule has 0 spiro atoms. The molecule has 7 heteroatoms. The molecule has 0 saturated carbocycles. The summed E-state index contributed by atoms with van der Waals surface area (Å²) in [6, 6.07) is 15.3. The summed E-state index contributed by atoms with van der Waals surface area (Å²) in [5.41, 5.74) is 1.84. The maximum absolute atomic E-state index is 13.1. The Morgan fingerprint density at radius 3 is 2.43 bits per heavy atom. The number of sulfonamides is 1. The van der Waals surface area contributed by atoms with E-state index in [2.05, 4.69) is 17.4 Å².